The summed E-state index contributed by atoms with van der Waals surface area (Å²) in [5.41, 5.74) is 5.62. The van der Waals surface area contributed by atoms with Gasteiger partial charge in [0.05, 0.1) is 0 Å². The smallest absolute Gasteiger partial charge is 0.381 e. The minimum Gasteiger partial charge on any atom is -0.381 e. The minimum atomic E-state index is -4.27. The zero-order valence-electron chi connectivity index (χ0n) is 11.0. The standard InChI is InChI=1S/C12H23F3N2O/c1-3-10(16)11(12(13,14)15)17(2)8-9-4-6-18-7-5-9/h9-11H,3-8,16H2,1-2H3. The maximum atomic E-state index is 13.0. The first-order valence-electron chi connectivity index (χ1n) is 6.46. The number of rotatable bonds is 5. The van der Waals surface area contributed by atoms with Crippen molar-refractivity contribution in [2.24, 2.45) is 11.7 Å². The van der Waals surface area contributed by atoms with Crippen molar-refractivity contribution in [3.63, 3.8) is 0 Å². The number of nitrogens with zero attached hydrogens (tertiary/aromatic N) is 1. The molecular weight excluding hydrogens is 245 g/mol. The molecule has 0 aromatic carbocycles. The van der Waals surface area contributed by atoms with E-state index in [1.807, 2.05) is 0 Å². The predicted octanol–water partition coefficient (Wildman–Crippen LogP) is 2.01. The molecule has 1 rings (SSSR count). The second kappa shape index (κ2) is 6.73. The van der Waals surface area contributed by atoms with Gasteiger partial charge < -0.3 is 10.5 Å². The summed E-state index contributed by atoms with van der Waals surface area (Å²) >= 11 is 0. The van der Waals surface area contributed by atoms with Crippen molar-refractivity contribution in [1.29, 1.82) is 0 Å². The number of hydrogen-bond acceptors (Lipinski definition) is 3. The van der Waals surface area contributed by atoms with Crippen molar-refractivity contribution in [1.82, 2.24) is 4.90 Å². The molecule has 0 saturated carbocycles. The summed E-state index contributed by atoms with van der Waals surface area (Å²) in [6.07, 6.45) is -2.29. The number of hydrogen-bond donors (Lipinski definition) is 1. The molecule has 108 valence electrons. The summed E-state index contributed by atoms with van der Waals surface area (Å²) in [5, 5.41) is 0. The highest BCUT2D eigenvalue weighted by atomic mass is 19.4. The topological polar surface area (TPSA) is 38.5 Å². The van der Waals surface area contributed by atoms with Crippen molar-refractivity contribution in [2.75, 3.05) is 26.8 Å². The van der Waals surface area contributed by atoms with Crippen molar-refractivity contribution in [2.45, 2.75) is 44.4 Å². The zero-order valence-corrected chi connectivity index (χ0v) is 11.0. The SMILES string of the molecule is CCC(N)C(N(C)CC1CCOCC1)C(F)(F)F. The molecule has 1 fully saturated rings. The normalized spacial score (nSPS) is 22.2. The van der Waals surface area contributed by atoms with Gasteiger partial charge in [0, 0.05) is 25.8 Å². The lowest BCUT2D eigenvalue weighted by Gasteiger charge is -2.36. The summed E-state index contributed by atoms with van der Waals surface area (Å²) < 4.78 is 44.3. The molecule has 1 aliphatic rings. The van der Waals surface area contributed by atoms with Gasteiger partial charge in [-0.25, -0.2) is 0 Å². The Balaban J connectivity index is 2.60. The Bertz CT molecular complexity index is 242. The Kier molecular flexibility index (Phi) is 5.88. The molecule has 0 radical (unpaired) electrons. The van der Waals surface area contributed by atoms with Crippen molar-refractivity contribution in [3.8, 4) is 0 Å². The third kappa shape index (κ3) is 4.40. The van der Waals surface area contributed by atoms with Crippen LogP contribution in [0.2, 0.25) is 0 Å². The van der Waals surface area contributed by atoms with E-state index >= 15 is 0 Å². The highest BCUT2D eigenvalue weighted by molar-refractivity contribution is 4.87. The third-order valence-electron chi connectivity index (χ3n) is 3.57. The van der Waals surface area contributed by atoms with Gasteiger partial charge in [-0.05, 0) is 32.2 Å². The van der Waals surface area contributed by atoms with Gasteiger partial charge >= 0.3 is 6.18 Å². The molecule has 2 unspecified atom stereocenters. The van der Waals surface area contributed by atoms with Gasteiger partial charge in [0.25, 0.3) is 0 Å². The van der Waals surface area contributed by atoms with Crippen LogP contribution in [0.5, 0.6) is 0 Å². The van der Waals surface area contributed by atoms with Crippen molar-refractivity contribution < 1.29 is 17.9 Å². The summed E-state index contributed by atoms with van der Waals surface area (Å²) in [7, 11) is 1.52. The Morgan fingerprint density at radius 1 is 1.33 bits per heavy atom. The fourth-order valence-corrected chi connectivity index (χ4v) is 2.49. The van der Waals surface area contributed by atoms with Crippen LogP contribution in [-0.2, 0) is 4.74 Å². The molecule has 1 aliphatic heterocycles. The van der Waals surface area contributed by atoms with Crippen LogP contribution in [0.15, 0.2) is 0 Å². The van der Waals surface area contributed by atoms with Crippen molar-refractivity contribution >= 4 is 0 Å². The molecule has 0 amide bonds. The molecule has 0 aromatic heterocycles. The van der Waals surface area contributed by atoms with Crippen LogP contribution < -0.4 is 5.73 Å². The van der Waals surface area contributed by atoms with Crippen LogP contribution in [-0.4, -0.2) is 50.0 Å². The van der Waals surface area contributed by atoms with Crippen molar-refractivity contribution in [3.05, 3.63) is 0 Å². The molecule has 0 bridgehead atoms. The van der Waals surface area contributed by atoms with Gasteiger partial charge in [0.1, 0.15) is 6.04 Å². The van der Waals surface area contributed by atoms with E-state index in [1.54, 1.807) is 6.92 Å². The lowest BCUT2D eigenvalue weighted by atomic mass is 9.97. The van der Waals surface area contributed by atoms with Crippen LogP contribution in [0.25, 0.3) is 0 Å². The lowest BCUT2D eigenvalue weighted by Crippen LogP contribution is -2.55. The summed E-state index contributed by atoms with van der Waals surface area (Å²) in [5.74, 6) is 0.276. The van der Waals surface area contributed by atoms with Crippen LogP contribution in [0.1, 0.15) is 26.2 Å². The molecule has 0 spiro atoms. The monoisotopic (exact) mass is 268 g/mol. The second-order valence-corrected chi connectivity index (χ2v) is 5.05. The van der Waals surface area contributed by atoms with Gasteiger partial charge in [-0.3, -0.25) is 4.90 Å². The Morgan fingerprint density at radius 3 is 2.33 bits per heavy atom. The van der Waals surface area contributed by atoms with Crippen LogP contribution in [0, 0.1) is 5.92 Å². The summed E-state index contributed by atoms with van der Waals surface area (Å²) in [6, 6.07) is -2.42. The van der Waals surface area contributed by atoms with Crippen LogP contribution in [0.4, 0.5) is 13.2 Å². The van der Waals surface area contributed by atoms with E-state index in [9.17, 15) is 13.2 Å². The van der Waals surface area contributed by atoms with E-state index in [0.717, 1.165) is 12.8 Å². The molecule has 0 aromatic rings. The summed E-state index contributed by atoms with van der Waals surface area (Å²) in [4.78, 5) is 1.37. The molecule has 1 heterocycles. The highest BCUT2D eigenvalue weighted by Crippen LogP contribution is 2.28. The van der Waals surface area contributed by atoms with E-state index in [-0.39, 0.29) is 5.92 Å². The van der Waals surface area contributed by atoms with Crippen LogP contribution >= 0.6 is 0 Å². The van der Waals surface area contributed by atoms with Gasteiger partial charge in [0.15, 0.2) is 0 Å². The average molecular weight is 268 g/mol. The predicted molar refractivity (Wildman–Crippen MR) is 64.3 cm³/mol. The Hall–Kier alpha value is -0.330. The number of alkyl halides is 3. The first-order chi connectivity index (χ1) is 8.36. The summed E-state index contributed by atoms with van der Waals surface area (Å²) in [6.45, 7) is 3.41. The van der Waals surface area contributed by atoms with Gasteiger partial charge in [-0.2, -0.15) is 13.2 Å². The first kappa shape index (κ1) is 15.7. The fourth-order valence-electron chi connectivity index (χ4n) is 2.49. The second-order valence-electron chi connectivity index (χ2n) is 5.05. The van der Waals surface area contributed by atoms with E-state index in [4.69, 9.17) is 10.5 Å². The Morgan fingerprint density at radius 2 is 1.89 bits per heavy atom. The van der Waals surface area contributed by atoms with Gasteiger partial charge in [0.2, 0.25) is 0 Å². The van der Waals surface area contributed by atoms with E-state index in [2.05, 4.69) is 0 Å². The van der Waals surface area contributed by atoms with Gasteiger partial charge in [-0.15, -0.1) is 0 Å². The lowest BCUT2D eigenvalue weighted by molar-refractivity contribution is -0.188. The number of ether oxygens (including phenoxy) is 1. The molecule has 3 nitrogen and oxygen atoms in total. The maximum Gasteiger partial charge on any atom is 0.405 e. The Labute approximate surface area is 106 Å². The molecule has 0 aliphatic carbocycles. The molecule has 2 N–H and O–H groups in total. The number of likely N-dealkylation sites (N-methyl/N-ethyl adjacent to an activating group) is 1. The van der Waals surface area contributed by atoms with Crippen LogP contribution in [0.3, 0.4) is 0 Å². The first-order valence-corrected chi connectivity index (χ1v) is 6.46. The van der Waals surface area contributed by atoms with E-state index in [1.165, 1.54) is 11.9 Å². The highest BCUT2D eigenvalue weighted by Gasteiger charge is 2.45. The van der Waals surface area contributed by atoms with E-state index in [0.29, 0.717) is 26.2 Å². The average Bonchev–Trinajstić information content (AvgIpc) is 2.28. The largest absolute Gasteiger partial charge is 0.405 e. The molecule has 6 heteroatoms. The van der Waals surface area contributed by atoms with E-state index < -0.39 is 18.3 Å². The maximum absolute atomic E-state index is 13.0. The van der Waals surface area contributed by atoms with Gasteiger partial charge in [-0.1, -0.05) is 6.92 Å². The fraction of sp³-hybridized carbons (Fsp3) is 1.00. The molecule has 2 atom stereocenters. The minimum absolute atomic E-state index is 0.276. The quantitative estimate of drug-likeness (QED) is 0.829. The zero-order chi connectivity index (χ0) is 13.8. The number of nitrogens with two attached hydrogens (primary N) is 1. The molecular formula is C12H23F3N2O. The molecule has 1 saturated heterocycles. The third-order valence-corrected chi connectivity index (χ3v) is 3.57. The number of halogens is 3. The molecule has 18 heavy (non-hydrogen) atoms.